The summed E-state index contributed by atoms with van der Waals surface area (Å²) in [5, 5.41) is 12.1. The van der Waals surface area contributed by atoms with Crippen molar-refractivity contribution in [2.24, 2.45) is 0 Å². The molecule has 0 aliphatic rings. The molecule has 1 heterocycles. The predicted molar refractivity (Wildman–Crippen MR) is 72.6 cm³/mol. The van der Waals surface area contributed by atoms with Crippen molar-refractivity contribution in [2.75, 3.05) is 0 Å². The highest BCUT2D eigenvalue weighted by molar-refractivity contribution is 6.31. The fraction of sp³-hybridized carbons (Fsp3) is 0.429. The van der Waals surface area contributed by atoms with E-state index in [2.05, 4.69) is 18.4 Å². The van der Waals surface area contributed by atoms with Crippen molar-refractivity contribution in [3.8, 4) is 0 Å². The lowest BCUT2D eigenvalue weighted by Gasteiger charge is -2.23. The summed E-state index contributed by atoms with van der Waals surface area (Å²) in [6.45, 7) is 7.83. The van der Waals surface area contributed by atoms with Crippen LogP contribution in [0, 0.1) is 0 Å². The molecular weight excluding hydrogens is 234 g/mol. The Labute approximate surface area is 107 Å². The van der Waals surface area contributed by atoms with Crippen LogP contribution in [0.3, 0.4) is 0 Å². The van der Waals surface area contributed by atoms with E-state index in [1.54, 1.807) is 0 Å². The van der Waals surface area contributed by atoms with Gasteiger partial charge in [-0.05, 0) is 45.9 Å². The van der Waals surface area contributed by atoms with Gasteiger partial charge in [-0.15, -0.1) is 0 Å². The van der Waals surface area contributed by atoms with Gasteiger partial charge >= 0.3 is 0 Å². The van der Waals surface area contributed by atoms with Gasteiger partial charge in [0.25, 0.3) is 0 Å². The van der Waals surface area contributed by atoms with Gasteiger partial charge in [-0.2, -0.15) is 0 Å². The largest absolute Gasteiger partial charge is 0.384 e. The predicted octanol–water partition coefficient (Wildman–Crippen LogP) is 4.10. The summed E-state index contributed by atoms with van der Waals surface area (Å²) in [5.41, 5.74) is 1.14. The van der Waals surface area contributed by atoms with Crippen molar-refractivity contribution < 1.29 is 5.11 Å². The van der Waals surface area contributed by atoms with Crippen molar-refractivity contribution >= 4 is 22.5 Å². The first-order valence-corrected chi connectivity index (χ1v) is 6.22. The molecule has 0 unspecified atom stereocenters. The van der Waals surface area contributed by atoms with Crippen LogP contribution in [0.15, 0.2) is 24.3 Å². The van der Waals surface area contributed by atoms with Crippen LogP contribution in [0.25, 0.3) is 10.9 Å². The fourth-order valence-electron chi connectivity index (χ4n) is 2.22. The minimum Gasteiger partial charge on any atom is -0.384 e. The molecule has 1 aromatic carbocycles. The van der Waals surface area contributed by atoms with E-state index in [1.165, 1.54) is 0 Å². The van der Waals surface area contributed by atoms with E-state index < -0.39 is 5.60 Å². The molecule has 0 fully saturated rings. The van der Waals surface area contributed by atoms with Gasteiger partial charge < -0.3 is 9.67 Å². The van der Waals surface area contributed by atoms with Crippen LogP contribution >= 0.6 is 11.6 Å². The monoisotopic (exact) mass is 251 g/mol. The van der Waals surface area contributed by atoms with Gasteiger partial charge in [0.2, 0.25) is 0 Å². The Hall–Kier alpha value is -0.990. The molecule has 1 N–H and O–H groups in total. The normalized spacial score (nSPS) is 12.6. The standard InChI is InChI=1S/C14H18ClNO/c1-9(2)16-12-8-11(15)6-5-10(12)7-13(16)14(3,4)17/h5-9,17H,1-4H3. The van der Waals surface area contributed by atoms with Crippen molar-refractivity contribution in [1.82, 2.24) is 4.57 Å². The second-order valence-electron chi connectivity index (χ2n) is 5.26. The van der Waals surface area contributed by atoms with Crippen LogP contribution in [0.4, 0.5) is 0 Å². The number of hydrogen-bond donors (Lipinski definition) is 1. The van der Waals surface area contributed by atoms with E-state index in [0.717, 1.165) is 21.6 Å². The fourth-order valence-corrected chi connectivity index (χ4v) is 2.39. The highest BCUT2D eigenvalue weighted by Gasteiger charge is 2.23. The van der Waals surface area contributed by atoms with E-state index in [9.17, 15) is 5.11 Å². The first kappa shape index (κ1) is 12.5. The van der Waals surface area contributed by atoms with Crippen LogP contribution in [-0.2, 0) is 5.60 Å². The van der Waals surface area contributed by atoms with Crippen molar-refractivity contribution in [3.05, 3.63) is 35.0 Å². The highest BCUT2D eigenvalue weighted by atomic mass is 35.5. The average Bonchev–Trinajstić information content (AvgIpc) is 2.55. The van der Waals surface area contributed by atoms with E-state index in [1.807, 2.05) is 38.1 Å². The summed E-state index contributed by atoms with van der Waals surface area (Å²) >= 11 is 6.04. The molecular formula is C14H18ClNO. The second-order valence-corrected chi connectivity index (χ2v) is 5.69. The van der Waals surface area contributed by atoms with Crippen molar-refractivity contribution in [1.29, 1.82) is 0 Å². The maximum atomic E-state index is 10.2. The lowest BCUT2D eigenvalue weighted by molar-refractivity contribution is 0.0691. The quantitative estimate of drug-likeness (QED) is 0.854. The van der Waals surface area contributed by atoms with Crippen LogP contribution in [0.5, 0.6) is 0 Å². The molecule has 0 saturated carbocycles. The first-order chi connectivity index (χ1) is 7.80. The molecule has 0 saturated heterocycles. The number of benzene rings is 1. The lowest BCUT2D eigenvalue weighted by atomic mass is 10.1. The number of halogens is 1. The highest BCUT2D eigenvalue weighted by Crippen LogP contribution is 2.32. The number of rotatable bonds is 2. The van der Waals surface area contributed by atoms with Gasteiger partial charge in [0.1, 0.15) is 0 Å². The Bertz CT molecular complexity index is 549. The number of aliphatic hydroxyl groups is 1. The van der Waals surface area contributed by atoms with Gasteiger partial charge in [0.15, 0.2) is 0 Å². The maximum Gasteiger partial charge on any atom is 0.0989 e. The van der Waals surface area contributed by atoms with E-state index in [4.69, 9.17) is 11.6 Å². The Morgan fingerprint density at radius 3 is 2.41 bits per heavy atom. The van der Waals surface area contributed by atoms with Crippen LogP contribution < -0.4 is 0 Å². The number of aromatic nitrogens is 1. The molecule has 17 heavy (non-hydrogen) atoms. The molecule has 0 bridgehead atoms. The SMILES string of the molecule is CC(C)n1c(C(C)(C)O)cc2ccc(Cl)cc21. The van der Waals surface area contributed by atoms with Crippen molar-refractivity contribution in [3.63, 3.8) is 0 Å². The maximum absolute atomic E-state index is 10.2. The van der Waals surface area contributed by atoms with Crippen LogP contribution in [0.1, 0.15) is 39.4 Å². The topological polar surface area (TPSA) is 25.2 Å². The summed E-state index contributed by atoms with van der Waals surface area (Å²) in [6, 6.07) is 8.14. The molecule has 0 radical (unpaired) electrons. The molecule has 92 valence electrons. The second kappa shape index (κ2) is 4.04. The molecule has 1 aromatic heterocycles. The minimum atomic E-state index is -0.851. The smallest absolute Gasteiger partial charge is 0.0989 e. The third-order valence-electron chi connectivity index (χ3n) is 2.95. The minimum absolute atomic E-state index is 0.285. The first-order valence-electron chi connectivity index (χ1n) is 5.84. The van der Waals surface area contributed by atoms with Crippen molar-refractivity contribution in [2.45, 2.75) is 39.3 Å². The Balaban J connectivity index is 2.81. The molecule has 2 rings (SSSR count). The lowest BCUT2D eigenvalue weighted by Crippen LogP contribution is -2.21. The van der Waals surface area contributed by atoms with E-state index in [0.29, 0.717) is 0 Å². The summed E-state index contributed by atoms with van der Waals surface area (Å²) in [5.74, 6) is 0. The summed E-state index contributed by atoms with van der Waals surface area (Å²) in [4.78, 5) is 0. The molecule has 0 atom stereocenters. The Morgan fingerprint density at radius 2 is 1.88 bits per heavy atom. The van der Waals surface area contributed by atoms with Crippen LogP contribution in [-0.4, -0.2) is 9.67 Å². The average molecular weight is 252 g/mol. The molecule has 0 spiro atoms. The Morgan fingerprint density at radius 1 is 1.24 bits per heavy atom. The number of nitrogens with zero attached hydrogens (tertiary/aromatic N) is 1. The zero-order chi connectivity index (χ0) is 12.8. The van der Waals surface area contributed by atoms with Gasteiger partial charge in [-0.25, -0.2) is 0 Å². The third-order valence-corrected chi connectivity index (χ3v) is 3.18. The van der Waals surface area contributed by atoms with Gasteiger partial charge in [0, 0.05) is 16.5 Å². The molecule has 0 amide bonds. The van der Waals surface area contributed by atoms with E-state index in [-0.39, 0.29) is 6.04 Å². The summed E-state index contributed by atoms with van der Waals surface area (Å²) < 4.78 is 2.14. The number of hydrogen-bond acceptors (Lipinski definition) is 1. The Kier molecular flexibility index (Phi) is 2.96. The molecule has 0 aliphatic heterocycles. The zero-order valence-electron chi connectivity index (χ0n) is 10.7. The summed E-state index contributed by atoms with van der Waals surface area (Å²) in [7, 11) is 0. The molecule has 3 heteroatoms. The zero-order valence-corrected chi connectivity index (χ0v) is 11.4. The van der Waals surface area contributed by atoms with E-state index >= 15 is 0 Å². The molecule has 0 aliphatic carbocycles. The van der Waals surface area contributed by atoms with Gasteiger partial charge in [0.05, 0.1) is 16.8 Å². The molecule has 2 nitrogen and oxygen atoms in total. The van der Waals surface area contributed by atoms with Gasteiger partial charge in [-0.3, -0.25) is 0 Å². The third kappa shape index (κ3) is 2.20. The van der Waals surface area contributed by atoms with Crippen LogP contribution in [0.2, 0.25) is 5.02 Å². The number of fused-ring (bicyclic) bond motifs is 1. The molecule has 2 aromatic rings. The van der Waals surface area contributed by atoms with Gasteiger partial charge in [-0.1, -0.05) is 17.7 Å². The summed E-state index contributed by atoms with van der Waals surface area (Å²) in [6.07, 6.45) is 0.